The lowest BCUT2D eigenvalue weighted by atomic mass is 9.82. The summed E-state index contributed by atoms with van der Waals surface area (Å²) in [6.07, 6.45) is 11.9. The zero-order valence-electron chi connectivity index (χ0n) is 33.0. The number of rotatable bonds is 37. The largest absolute Gasteiger partial charge is 0.370 e. The molecule has 20 heteroatoms. The second-order valence-electron chi connectivity index (χ2n) is 13.7. The average molecular weight is 791 g/mol. The van der Waals surface area contributed by atoms with Crippen molar-refractivity contribution in [1.82, 2.24) is 26.1 Å². The lowest BCUT2D eigenvalue weighted by Gasteiger charge is -2.23. The Labute approximate surface area is 333 Å². The van der Waals surface area contributed by atoms with Gasteiger partial charge in [-0.15, -0.1) is 0 Å². The molecule has 8 amide bonds. The molecular weight excluding hydrogens is 726 g/mol. The SMILES string of the molecule is [B]C([B])ONC(=O)CC(=O)N(CCCCCCC(N)=O)CCCCCCC(=O)NCONC(=O)CC(=O)N(CCCCCCC(N)=O)CCCCCCC(N)=O. The molecule has 18 nitrogen and oxygen atoms in total. The van der Waals surface area contributed by atoms with Crippen molar-refractivity contribution in [3.8, 4) is 0 Å². The van der Waals surface area contributed by atoms with Crippen LogP contribution in [0.4, 0.5) is 0 Å². The second kappa shape index (κ2) is 34.1. The van der Waals surface area contributed by atoms with E-state index < -0.39 is 30.6 Å². The molecule has 0 fully saturated rings. The van der Waals surface area contributed by atoms with Crippen molar-refractivity contribution in [3.05, 3.63) is 0 Å². The van der Waals surface area contributed by atoms with Gasteiger partial charge < -0.3 is 32.3 Å². The van der Waals surface area contributed by atoms with E-state index >= 15 is 0 Å². The van der Waals surface area contributed by atoms with Gasteiger partial charge in [-0.2, -0.15) is 0 Å². The van der Waals surface area contributed by atoms with E-state index in [0.29, 0.717) is 103 Å². The first-order chi connectivity index (χ1) is 26.7. The van der Waals surface area contributed by atoms with Crippen LogP contribution in [0.25, 0.3) is 0 Å². The maximum Gasteiger partial charge on any atom is 0.253 e. The monoisotopic (exact) mass is 790 g/mol. The van der Waals surface area contributed by atoms with Crippen LogP contribution in [0, 0.1) is 0 Å². The number of carbonyl (C=O) groups excluding carboxylic acids is 8. The van der Waals surface area contributed by atoms with E-state index in [2.05, 4.69) is 15.6 Å². The van der Waals surface area contributed by atoms with Gasteiger partial charge in [0.2, 0.25) is 35.4 Å². The Hall–Kier alpha value is -4.19. The molecule has 0 aliphatic carbocycles. The minimum Gasteiger partial charge on any atom is -0.370 e. The number of hydroxylamine groups is 2. The summed E-state index contributed by atoms with van der Waals surface area (Å²) in [5, 5.41) is 2.55. The molecule has 0 atom stereocenters. The first-order valence-electron chi connectivity index (χ1n) is 19.7. The third kappa shape index (κ3) is 33.2. The van der Waals surface area contributed by atoms with Gasteiger partial charge in [0.05, 0.1) is 15.7 Å². The fourth-order valence-corrected chi connectivity index (χ4v) is 5.56. The van der Waals surface area contributed by atoms with Crippen molar-refractivity contribution in [2.24, 2.45) is 17.2 Å². The van der Waals surface area contributed by atoms with E-state index in [0.717, 1.165) is 44.9 Å². The highest BCUT2D eigenvalue weighted by Gasteiger charge is 2.19. The van der Waals surface area contributed by atoms with Crippen LogP contribution in [0.3, 0.4) is 0 Å². The molecule has 4 radical (unpaired) electrons. The van der Waals surface area contributed by atoms with Gasteiger partial charge in [-0.05, 0) is 51.4 Å². The molecule has 0 aromatic rings. The topological polar surface area (TPSA) is 276 Å². The summed E-state index contributed by atoms with van der Waals surface area (Å²) in [4.78, 5) is 108. The lowest BCUT2D eigenvalue weighted by molar-refractivity contribution is -0.144. The first-order valence-corrected chi connectivity index (χ1v) is 19.7. The number of hydrogen-bond donors (Lipinski definition) is 6. The molecule has 56 heavy (non-hydrogen) atoms. The van der Waals surface area contributed by atoms with Gasteiger partial charge in [-0.1, -0.05) is 51.4 Å². The number of primary amides is 3. The summed E-state index contributed by atoms with van der Waals surface area (Å²) >= 11 is 0. The highest BCUT2D eigenvalue weighted by atomic mass is 16.7. The number of nitrogens with two attached hydrogens (primary N) is 3. The van der Waals surface area contributed by atoms with Crippen molar-refractivity contribution in [2.45, 2.75) is 147 Å². The lowest BCUT2D eigenvalue weighted by Crippen LogP contribution is -2.38. The van der Waals surface area contributed by atoms with E-state index in [1.165, 1.54) is 0 Å². The Balaban J connectivity index is 4.50. The minimum atomic E-state index is -1.22. The summed E-state index contributed by atoms with van der Waals surface area (Å²) in [6.45, 7) is 1.49. The Morgan fingerprint density at radius 2 is 0.804 bits per heavy atom. The van der Waals surface area contributed by atoms with Crippen molar-refractivity contribution >= 4 is 62.9 Å². The Bertz CT molecular complexity index is 1170. The van der Waals surface area contributed by atoms with Gasteiger partial charge in [-0.25, -0.2) is 11.0 Å². The molecule has 0 aromatic carbocycles. The zero-order chi connectivity index (χ0) is 42.0. The van der Waals surface area contributed by atoms with Crippen LogP contribution in [0.15, 0.2) is 0 Å². The minimum absolute atomic E-state index is 0.215. The van der Waals surface area contributed by atoms with Crippen LogP contribution in [0.1, 0.15) is 141 Å². The number of amides is 8. The molecule has 0 spiro atoms. The van der Waals surface area contributed by atoms with Gasteiger partial charge in [0.15, 0.2) is 0 Å². The summed E-state index contributed by atoms with van der Waals surface area (Å²) in [6, 6.07) is 0. The fraction of sp³-hybridized carbons (Fsp3) is 0.778. The van der Waals surface area contributed by atoms with Crippen molar-refractivity contribution < 1.29 is 48.0 Å². The molecule has 0 rings (SSSR count). The predicted molar refractivity (Wildman–Crippen MR) is 209 cm³/mol. The highest BCUT2D eigenvalue weighted by Crippen LogP contribution is 2.11. The van der Waals surface area contributed by atoms with Crippen LogP contribution >= 0.6 is 0 Å². The maximum absolute atomic E-state index is 12.9. The molecule has 0 bridgehead atoms. The quantitative estimate of drug-likeness (QED) is 0.0166. The number of unbranched alkanes of at least 4 members (excludes halogenated alkanes) is 12. The highest BCUT2D eigenvalue weighted by molar-refractivity contribution is 6.34. The van der Waals surface area contributed by atoms with Crippen LogP contribution < -0.4 is 33.5 Å². The Kier molecular flexibility index (Phi) is 31.5. The predicted octanol–water partition coefficient (Wildman–Crippen LogP) is 0.472. The molecule has 0 heterocycles. The number of hydrogen-bond acceptors (Lipinski definition) is 10. The molecule has 0 saturated carbocycles. The van der Waals surface area contributed by atoms with Gasteiger partial charge in [0, 0.05) is 57.8 Å². The van der Waals surface area contributed by atoms with E-state index in [4.69, 9.17) is 37.7 Å². The molecule has 0 aliphatic heterocycles. The van der Waals surface area contributed by atoms with Crippen molar-refractivity contribution in [2.75, 3.05) is 32.9 Å². The van der Waals surface area contributed by atoms with Crippen LogP contribution in [0.5, 0.6) is 0 Å². The first kappa shape index (κ1) is 51.8. The third-order valence-electron chi connectivity index (χ3n) is 8.55. The normalized spacial score (nSPS) is 10.8. The summed E-state index contributed by atoms with van der Waals surface area (Å²) in [5.41, 5.74) is 19.8. The standard InChI is InChI=1S/C36H64B2N8O10/c37-36(38)56-44-33(52)26-35(54)46(23-15-7-3-11-19-30(41)49)24-16-8-4-12-20-31(50)42-27-55-43-32(51)25-34(53)45(21-13-5-1-9-17-28(39)47)22-14-6-2-10-18-29(40)48/h36H,1-27H2,(H2,39,47)(H2,40,48)(H2,41,49)(H,42,50)(H,43,51)(H,44,52). The Morgan fingerprint density at radius 3 is 1.16 bits per heavy atom. The Morgan fingerprint density at radius 1 is 0.464 bits per heavy atom. The fourth-order valence-electron chi connectivity index (χ4n) is 5.56. The average Bonchev–Trinajstić information content (AvgIpc) is 3.12. The van der Waals surface area contributed by atoms with E-state index in [9.17, 15) is 38.4 Å². The number of nitrogens with zero attached hydrogens (tertiary/aromatic N) is 2. The number of carbonyl (C=O) groups is 8. The van der Waals surface area contributed by atoms with E-state index in [1.807, 2.05) is 5.48 Å². The van der Waals surface area contributed by atoms with Crippen LogP contribution in [-0.4, -0.2) is 112 Å². The van der Waals surface area contributed by atoms with Crippen LogP contribution in [-0.2, 0) is 48.0 Å². The van der Waals surface area contributed by atoms with Crippen molar-refractivity contribution in [1.29, 1.82) is 0 Å². The van der Waals surface area contributed by atoms with Crippen LogP contribution in [0.2, 0.25) is 0 Å². The van der Waals surface area contributed by atoms with Gasteiger partial charge >= 0.3 is 0 Å². The second-order valence-corrected chi connectivity index (χ2v) is 13.7. The number of nitrogens with one attached hydrogen (secondary N) is 3. The smallest absolute Gasteiger partial charge is 0.253 e. The van der Waals surface area contributed by atoms with Gasteiger partial charge in [-0.3, -0.25) is 48.0 Å². The maximum atomic E-state index is 12.9. The zero-order valence-corrected chi connectivity index (χ0v) is 33.0. The molecular formula is C36H64B2N8O10. The molecule has 0 unspecified atom stereocenters. The van der Waals surface area contributed by atoms with Gasteiger partial charge in [0.1, 0.15) is 19.6 Å². The molecule has 0 aliphatic rings. The van der Waals surface area contributed by atoms with Gasteiger partial charge in [0.25, 0.3) is 11.8 Å². The summed E-state index contributed by atoms with van der Waals surface area (Å²) in [5.74, 6) is -4.61. The summed E-state index contributed by atoms with van der Waals surface area (Å²) in [7, 11) is 10.5. The molecule has 0 aromatic heterocycles. The summed E-state index contributed by atoms with van der Waals surface area (Å²) < 4.78 is 0. The molecule has 314 valence electrons. The van der Waals surface area contributed by atoms with E-state index in [-0.39, 0.29) is 48.6 Å². The third-order valence-corrected chi connectivity index (χ3v) is 8.55. The van der Waals surface area contributed by atoms with E-state index in [1.54, 1.807) is 9.80 Å². The molecule has 0 saturated heterocycles. The molecule has 9 N–H and O–H groups in total. The van der Waals surface area contributed by atoms with Crippen molar-refractivity contribution in [3.63, 3.8) is 0 Å².